The number of benzene rings is 1. The van der Waals surface area contributed by atoms with Crippen molar-refractivity contribution in [2.45, 2.75) is 38.4 Å². The van der Waals surface area contributed by atoms with Crippen molar-refractivity contribution in [2.75, 3.05) is 31.6 Å². The average molecular weight is 520 g/mol. The number of nitrogens with one attached hydrogen (secondary N) is 1. The standard InChI is InChI=1S/C26H26ClN7O3/c27-21-11-29-26(31-19-4-7-37-8-5-19)32-24(21)16-1-2-17-12-34(25(36)20(17)9-16)14-23(35)33-6-3-22-18(13-33)10-28-15-30-22/h1-2,9-11,15,19H,3-8,12-14H2,(H,29,31,32). The zero-order chi connectivity index (χ0) is 25.4. The lowest BCUT2D eigenvalue weighted by molar-refractivity contribution is -0.132. The van der Waals surface area contributed by atoms with E-state index in [2.05, 4.69) is 25.3 Å². The van der Waals surface area contributed by atoms with Crippen LogP contribution < -0.4 is 5.32 Å². The van der Waals surface area contributed by atoms with Gasteiger partial charge in [-0.2, -0.15) is 0 Å². The predicted octanol–water partition coefficient (Wildman–Crippen LogP) is 2.72. The molecule has 6 rings (SSSR count). The summed E-state index contributed by atoms with van der Waals surface area (Å²) in [6.07, 6.45) is 7.33. The lowest BCUT2D eigenvalue weighted by Gasteiger charge is -2.29. The van der Waals surface area contributed by atoms with E-state index in [-0.39, 0.29) is 24.4 Å². The van der Waals surface area contributed by atoms with Crippen LogP contribution in [0.15, 0.2) is 36.9 Å². The van der Waals surface area contributed by atoms with Crippen LogP contribution in [0.5, 0.6) is 0 Å². The van der Waals surface area contributed by atoms with Gasteiger partial charge in [-0.05, 0) is 24.5 Å². The Morgan fingerprint density at radius 2 is 2.00 bits per heavy atom. The van der Waals surface area contributed by atoms with Gasteiger partial charge in [0.05, 0.1) is 22.6 Å². The van der Waals surface area contributed by atoms with Crippen molar-refractivity contribution in [3.8, 4) is 11.3 Å². The quantitative estimate of drug-likeness (QED) is 0.547. The van der Waals surface area contributed by atoms with E-state index in [1.165, 1.54) is 6.33 Å². The van der Waals surface area contributed by atoms with Crippen LogP contribution in [0.3, 0.4) is 0 Å². The summed E-state index contributed by atoms with van der Waals surface area (Å²) in [6, 6.07) is 5.87. The molecule has 0 aliphatic carbocycles. The molecule has 3 aliphatic rings. The summed E-state index contributed by atoms with van der Waals surface area (Å²) in [6.45, 7) is 2.89. The molecule has 5 heterocycles. The van der Waals surface area contributed by atoms with Crippen LogP contribution >= 0.6 is 11.6 Å². The molecule has 0 radical (unpaired) electrons. The summed E-state index contributed by atoms with van der Waals surface area (Å²) in [7, 11) is 0. The van der Waals surface area contributed by atoms with Crippen molar-refractivity contribution in [1.82, 2.24) is 29.7 Å². The third-order valence-electron chi connectivity index (χ3n) is 7.10. The maximum atomic E-state index is 13.3. The molecule has 1 N–H and O–H groups in total. The maximum Gasteiger partial charge on any atom is 0.254 e. The zero-order valence-electron chi connectivity index (χ0n) is 20.2. The van der Waals surface area contributed by atoms with Gasteiger partial charge < -0.3 is 19.9 Å². The van der Waals surface area contributed by atoms with E-state index in [0.29, 0.717) is 61.5 Å². The number of rotatable bonds is 5. The summed E-state index contributed by atoms with van der Waals surface area (Å²) in [5.74, 6) is 0.245. The predicted molar refractivity (Wildman–Crippen MR) is 136 cm³/mol. The maximum absolute atomic E-state index is 13.3. The minimum atomic E-state index is -0.170. The normalized spacial score (nSPS) is 17.5. The molecule has 10 nitrogen and oxygen atoms in total. The Morgan fingerprint density at radius 3 is 2.86 bits per heavy atom. The molecular formula is C26H26ClN7O3. The first-order valence-corrected chi connectivity index (χ1v) is 12.8. The van der Waals surface area contributed by atoms with Gasteiger partial charge in [-0.15, -0.1) is 0 Å². The molecule has 0 unspecified atom stereocenters. The van der Waals surface area contributed by atoms with Gasteiger partial charge in [-0.25, -0.2) is 19.9 Å². The number of carbonyl (C=O) groups is 2. The Balaban J connectivity index is 1.16. The highest BCUT2D eigenvalue weighted by Crippen LogP contribution is 2.32. The lowest BCUT2D eigenvalue weighted by atomic mass is 10.0. The van der Waals surface area contributed by atoms with Gasteiger partial charge in [-0.3, -0.25) is 9.59 Å². The molecule has 1 saturated heterocycles. The van der Waals surface area contributed by atoms with E-state index in [4.69, 9.17) is 16.3 Å². The number of halogens is 1. The van der Waals surface area contributed by atoms with Crippen LogP contribution in [0, 0.1) is 0 Å². The van der Waals surface area contributed by atoms with Crippen LogP contribution in [-0.4, -0.2) is 73.9 Å². The number of aromatic nitrogens is 4. The third-order valence-corrected chi connectivity index (χ3v) is 7.38. The second kappa shape index (κ2) is 10.0. The van der Waals surface area contributed by atoms with Crippen molar-refractivity contribution in [1.29, 1.82) is 0 Å². The SMILES string of the molecule is O=C(CN1Cc2ccc(-c3nc(NC4CCOCC4)ncc3Cl)cc2C1=O)N1CCc2ncncc2C1. The van der Waals surface area contributed by atoms with Gasteiger partial charge in [0.15, 0.2) is 0 Å². The molecule has 190 valence electrons. The summed E-state index contributed by atoms with van der Waals surface area (Å²) in [5, 5.41) is 3.77. The average Bonchev–Trinajstić information content (AvgIpc) is 3.24. The topological polar surface area (TPSA) is 113 Å². The summed E-state index contributed by atoms with van der Waals surface area (Å²) in [4.78, 5) is 47.0. The van der Waals surface area contributed by atoms with Crippen LogP contribution in [0.2, 0.25) is 5.02 Å². The van der Waals surface area contributed by atoms with Crippen molar-refractivity contribution in [3.63, 3.8) is 0 Å². The highest BCUT2D eigenvalue weighted by molar-refractivity contribution is 6.33. The fourth-order valence-electron chi connectivity index (χ4n) is 5.04. The molecule has 11 heteroatoms. The number of ether oxygens (including phenoxy) is 1. The highest BCUT2D eigenvalue weighted by Gasteiger charge is 2.31. The van der Waals surface area contributed by atoms with Crippen LogP contribution in [-0.2, 0) is 29.0 Å². The summed E-state index contributed by atoms with van der Waals surface area (Å²) < 4.78 is 5.42. The van der Waals surface area contributed by atoms with E-state index in [1.54, 1.807) is 22.2 Å². The monoisotopic (exact) mass is 519 g/mol. The summed E-state index contributed by atoms with van der Waals surface area (Å²) >= 11 is 6.45. The molecule has 0 atom stereocenters. The molecule has 0 saturated carbocycles. The molecule has 3 aromatic rings. The third kappa shape index (κ3) is 4.86. The highest BCUT2D eigenvalue weighted by atomic mass is 35.5. The number of nitrogens with zero attached hydrogens (tertiary/aromatic N) is 6. The van der Waals surface area contributed by atoms with Gasteiger partial charge in [-0.1, -0.05) is 23.7 Å². The van der Waals surface area contributed by atoms with Gasteiger partial charge >= 0.3 is 0 Å². The lowest BCUT2D eigenvalue weighted by Crippen LogP contribution is -2.43. The Hall–Kier alpha value is -3.63. The Labute approximate surface area is 219 Å². The van der Waals surface area contributed by atoms with E-state index in [1.807, 2.05) is 18.2 Å². The van der Waals surface area contributed by atoms with Gasteiger partial charge in [0.25, 0.3) is 5.91 Å². The molecular weight excluding hydrogens is 494 g/mol. The molecule has 3 aliphatic heterocycles. The Bertz CT molecular complexity index is 1360. The zero-order valence-corrected chi connectivity index (χ0v) is 20.9. The number of hydrogen-bond donors (Lipinski definition) is 1. The first kappa shape index (κ1) is 23.7. The number of carbonyl (C=O) groups excluding carboxylic acids is 2. The second-order valence-corrected chi connectivity index (χ2v) is 9.92. The number of fused-ring (bicyclic) bond motifs is 2. The molecule has 1 aromatic carbocycles. The van der Waals surface area contributed by atoms with E-state index in [0.717, 1.165) is 35.2 Å². The van der Waals surface area contributed by atoms with Crippen molar-refractivity contribution < 1.29 is 14.3 Å². The van der Waals surface area contributed by atoms with E-state index < -0.39 is 0 Å². The van der Waals surface area contributed by atoms with Crippen molar-refractivity contribution >= 4 is 29.4 Å². The van der Waals surface area contributed by atoms with Crippen LogP contribution in [0.25, 0.3) is 11.3 Å². The minimum Gasteiger partial charge on any atom is -0.381 e. The molecule has 2 amide bonds. The fourth-order valence-corrected chi connectivity index (χ4v) is 5.24. The minimum absolute atomic E-state index is 0.0271. The molecule has 37 heavy (non-hydrogen) atoms. The van der Waals surface area contributed by atoms with Gasteiger partial charge in [0.2, 0.25) is 11.9 Å². The van der Waals surface area contributed by atoms with Crippen LogP contribution in [0.4, 0.5) is 5.95 Å². The first-order valence-electron chi connectivity index (χ1n) is 12.4. The largest absolute Gasteiger partial charge is 0.381 e. The molecule has 2 aromatic heterocycles. The second-order valence-electron chi connectivity index (χ2n) is 9.51. The summed E-state index contributed by atoms with van der Waals surface area (Å²) in [5.41, 5.74) is 4.67. The first-order chi connectivity index (χ1) is 18.0. The van der Waals surface area contributed by atoms with Gasteiger partial charge in [0, 0.05) is 68.2 Å². The molecule has 0 spiro atoms. The molecule has 0 bridgehead atoms. The Kier molecular flexibility index (Phi) is 6.43. The fraction of sp³-hybridized carbons (Fsp3) is 0.385. The smallest absolute Gasteiger partial charge is 0.254 e. The van der Waals surface area contributed by atoms with E-state index in [9.17, 15) is 9.59 Å². The number of anilines is 1. The van der Waals surface area contributed by atoms with E-state index >= 15 is 0 Å². The van der Waals surface area contributed by atoms with Gasteiger partial charge in [0.1, 0.15) is 12.9 Å². The van der Waals surface area contributed by atoms with Crippen molar-refractivity contribution in [3.05, 3.63) is 64.3 Å². The number of hydrogen-bond acceptors (Lipinski definition) is 8. The Morgan fingerprint density at radius 1 is 1.14 bits per heavy atom. The van der Waals surface area contributed by atoms with Crippen LogP contribution in [0.1, 0.15) is 40.0 Å². The molecule has 1 fully saturated rings. The van der Waals surface area contributed by atoms with Crippen molar-refractivity contribution in [2.24, 2.45) is 0 Å². The number of amides is 2.